The van der Waals surface area contributed by atoms with Crippen molar-refractivity contribution in [2.45, 2.75) is 44.8 Å². The molecule has 2 N–H and O–H groups in total. The number of phenolic OH excluding ortho intramolecular Hbond substituents is 1. The van der Waals surface area contributed by atoms with Crippen molar-refractivity contribution in [1.29, 1.82) is 0 Å². The second-order valence-corrected chi connectivity index (χ2v) is 5.41. The third kappa shape index (κ3) is 2.68. The molecule has 1 unspecified atom stereocenters. The third-order valence-electron chi connectivity index (χ3n) is 4.08. The number of hydrogen-bond donors (Lipinski definition) is 2. The molecule has 100 valence electrons. The molecule has 0 amide bonds. The van der Waals surface area contributed by atoms with Crippen LogP contribution in [0.2, 0.25) is 0 Å². The molecule has 3 nitrogen and oxygen atoms in total. The molecule has 0 bridgehead atoms. The maximum absolute atomic E-state index is 9.95. The van der Waals surface area contributed by atoms with Crippen molar-refractivity contribution in [2.24, 2.45) is 0 Å². The van der Waals surface area contributed by atoms with Crippen molar-refractivity contribution in [3.63, 3.8) is 0 Å². The van der Waals surface area contributed by atoms with E-state index in [1.54, 1.807) is 7.11 Å². The summed E-state index contributed by atoms with van der Waals surface area (Å²) in [5, 5.41) is 13.4. The molecular formula is C15H23NO2. The van der Waals surface area contributed by atoms with Gasteiger partial charge in [0.25, 0.3) is 0 Å². The van der Waals surface area contributed by atoms with Crippen LogP contribution in [0.4, 0.5) is 0 Å². The maximum atomic E-state index is 9.95. The fourth-order valence-corrected chi connectivity index (χ4v) is 2.49. The van der Waals surface area contributed by atoms with Crippen LogP contribution in [0.3, 0.4) is 0 Å². The molecule has 1 aliphatic carbocycles. The third-order valence-corrected chi connectivity index (χ3v) is 4.08. The molecule has 3 heteroatoms. The highest BCUT2D eigenvalue weighted by molar-refractivity contribution is 5.37. The van der Waals surface area contributed by atoms with Gasteiger partial charge in [0.1, 0.15) is 5.75 Å². The molecular weight excluding hydrogens is 226 g/mol. The summed E-state index contributed by atoms with van der Waals surface area (Å²) in [5.74, 6) is 0.370. The number of benzene rings is 1. The number of rotatable bonds is 5. The smallest absolute Gasteiger partial charge is 0.120 e. The first-order chi connectivity index (χ1) is 8.56. The zero-order valence-electron chi connectivity index (χ0n) is 11.5. The lowest BCUT2D eigenvalue weighted by atomic mass is 9.79. The van der Waals surface area contributed by atoms with Crippen molar-refractivity contribution in [2.75, 3.05) is 13.7 Å². The van der Waals surface area contributed by atoms with Gasteiger partial charge in [-0.1, -0.05) is 12.1 Å². The minimum Gasteiger partial charge on any atom is -0.508 e. The van der Waals surface area contributed by atoms with E-state index in [4.69, 9.17) is 4.74 Å². The van der Waals surface area contributed by atoms with E-state index >= 15 is 0 Å². The summed E-state index contributed by atoms with van der Waals surface area (Å²) in [6.07, 6.45) is 3.51. The van der Waals surface area contributed by atoms with Crippen LogP contribution in [0.1, 0.15) is 43.4 Å². The zero-order valence-corrected chi connectivity index (χ0v) is 11.5. The van der Waals surface area contributed by atoms with Crippen LogP contribution < -0.4 is 5.32 Å². The van der Waals surface area contributed by atoms with Gasteiger partial charge in [-0.3, -0.25) is 0 Å². The quantitative estimate of drug-likeness (QED) is 0.843. The first kappa shape index (κ1) is 13.4. The summed E-state index contributed by atoms with van der Waals surface area (Å²) >= 11 is 0. The predicted molar refractivity (Wildman–Crippen MR) is 72.9 cm³/mol. The van der Waals surface area contributed by atoms with Gasteiger partial charge in [0.15, 0.2) is 0 Å². The van der Waals surface area contributed by atoms with Gasteiger partial charge in [0.05, 0.1) is 5.60 Å². The minimum atomic E-state index is 0.0224. The van der Waals surface area contributed by atoms with E-state index < -0.39 is 0 Å². The molecule has 0 aliphatic heterocycles. The number of aromatic hydroxyl groups is 1. The molecule has 0 saturated heterocycles. The number of hydrogen-bond acceptors (Lipinski definition) is 3. The summed E-state index contributed by atoms with van der Waals surface area (Å²) in [6, 6.07) is 5.96. The van der Waals surface area contributed by atoms with Crippen LogP contribution >= 0.6 is 0 Å². The van der Waals surface area contributed by atoms with Gasteiger partial charge in [-0.25, -0.2) is 0 Å². The number of ether oxygens (including phenoxy) is 1. The number of phenols is 1. The van der Waals surface area contributed by atoms with Crippen LogP contribution in [0.15, 0.2) is 18.2 Å². The van der Waals surface area contributed by atoms with Gasteiger partial charge in [-0.05, 0) is 44.7 Å². The lowest BCUT2D eigenvalue weighted by Gasteiger charge is -2.41. The Morgan fingerprint density at radius 2 is 2.17 bits per heavy atom. The largest absolute Gasteiger partial charge is 0.508 e. The second-order valence-electron chi connectivity index (χ2n) is 5.41. The first-order valence-corrected chi connectivity index (χ1v) is 6.64. The van der Waals surface area contributed by atoms with Gasteiger partial charge >= 0.3 is 0 Å². The van der Waals surface area contributed by atoms with E-state index in [0.29, 0.717) is 5.75 Å². The van der Waals surface area contributed by atoms with Crippen LogP contribution in [0, 0.1) is 6.92 Å². The highest BCUT2D eigenvalue weighted by atomic mass is 16.5. The average molecular weight is 249 g/mol. The Balaban J connectivity index is 1.97. The SMILES string of the molecule is COC1(CNC(C)c2ccc(C)cc2O)CCC1. The van der Waals surface area contributed by atoms with E-state index in [-0.39, 0.29) is 11.6 Å². The average Bonchev–Trinajstić information content (AvgIpc) is 2.27. The Morgan fingerprint density at radius 3 is 2.67 bits per heavy atom. The molecule has 2 rings (SSSR count). The molecule has 0 spiro atoms. The van der Waals surface area contributed by atoms with Gasteiger partial charge in [-0.15, -0.1) is 0 Å². The van der Waals surface area contributed by atoms with E-state index in [2.05, 4.69) is 12.2 Å². The topological polar surface area (TPSA) is 41.5 Å². The van der Waals surface area contributed by atoms with E-state index in [1.165, 1.54) is 6.42 Å². The molecule has 1 aromatic carbocycles. The second kappa shape index (κ2) is 5.29. The van der Waals surface area contributed by atoms with Crippen LogP contribution in [0.5, 0.6) is 5.75 Å². The van der Waals surface area contributed by atoms with Crippen molar-refractivity contribution in [3.05, 3.63) is 29.3 Å². The van der Waals surface area contributed by atoms with Gasteiger partial charge in [0.2, 0.25) is 0 Å². The van der Waals surface area contributed by atoms with Crippen LogP contribution in [-0.4, -0.2) is 24.4 Å². The molecule has 0 heterocycles. The van der Waals surface area contributed by atoms with Crippen LogP contribution in [0.25, 0.3) is 0 Å². The fourth-order valence-electron chi connectivity index (χ4n) is 2.49. The molecule has 18 heavy (non-hydrogen) atoms. The van der Waals surface area contributed by atoms with Crippen molar-refractivity contribution in [1.82, 2.24) is 5.32 Å². The summed E-state index contributed by atoms with van der Waals surface area (Å²) < 4.78 is 5.58. The summed E-state index contributed by atoms with van der Waals surface area (Å²) in [6.45, 7) is 4.90. The Kier molecular flexibility index (Phi) is 3.93. The molecule has 1 aromatic rings. The number of methoxy groups -OCH3 is 1. The normalized spacial score (nSPS) is 19.3. The summed E-state index contributed by atoms with van der Waals surface area (Å²) in [4.78, 5) is 0. The Bertz CT molecular complexity index is 407. The van der Waals surface area contributed by atoms with Crippen molar-refractivity contribution < 1.29 is 9.84 Å². The van der Waals surface area contributed by atoms with Crippen molar-refractivity contribution in [3.8, 4) is 5.75 Å². The highest BCUT2D eigenvalue weighted by Crippen LogP contribution is 2.35. The van der Waals surface area contributed by atoms with Gasteiger partial charge in [0, 0.05) is 25.3 Å². The predicted octanol–water partition coefficient (Wildman–Crippen LogP) is 2.92. The zero-order chi connectivity index (χ0) is 13.2. The van der Waals surface area contributed by atoms with E-state index in [9.17, 15) is 5.11 Å². The van der Waals surface area contributed by atoms with Gasteiger partial charge in [-0.2, -0.15) is 0 Å². The Morgan fingerprint density at radius 1 is 1.44 bits per heavy atom. The minimum absolute atomic E-state index is 0.0224. The Hall–Kier alpha value is -1.06. The highest BCUT2D eigenvalue weighted by Gasteiger charge is 2.36. The van der Waals surface area contributed by atoms with Gasteiger partial charge < -0.3 is 15.2 Å². The fraction of sp³-hybridized carbons (Fsp3) is 0.600. The number of aryl methyl sites for hydroxylation is 1. The molecule has 1 aliphatic rings. The molecule has 0 radical (unpaired) electrons. The number of nitrogens with one attached hydrogen (secondary N) is 1. The molecule has 1 saturated carbocycles. The molecule has 1 fully saturated rings. The molecule has 0 aromatic heterocycles. The Labute approximate surface area is 109 Å². The van der Waals surface area contributed by atoms with E-state index in [0.717, 1.165) is 30.5 Å². The molecule has 1 atom stereocenters. The summed E-state index contributed by atoms with van der Waals surface area (Å²) in [7, 11) is 1.79. The lowest BCUT2D eigenvalue weighted by molar-refractivity contribution is -0.0706. The monoisotopic (exact) mass is 249 g/mol. The van der Waals surface area contributed by atoms with E-state index in [1.807, 2.05) is 25.1 Å². The maximum Gasteiger partial charge on any atom is 0.120 e. The standard InChI is InChI=1S/C15H23NO2/c1-11-5-6-13(14(17)9-11)12(2)16-10-15(18-3)7-4-8-15/h5-6,9,12,16-17H,4,7-8,10H2,1-3H3. The first-order valence-electron chi connectivity index (χ1n) is 6.64. The lowest BCUT2D eigenvalue weighted by Crippen LogP contribution is -2.48. The summed E-state index contributed by atoms with van der Waals surface area (Å²) in [5.41, 5.74) is 2.05. The van der Waals surface area contributed by atoms with Crippen LogP contribution in [-0.2, 0) is 4.74 Å². The van der Waals surface area contributed by atoms with Crippen molar-refractivity contribution >= 4 is 0 Å².